The van der Waals surface area contributed by atoms with Crippen LogP contribution in [0.25, 0.3) is 49.2 Å². The molecule has 1 amide bonds. The average Bonchev–Trinajstić information content (AvgIpc) is 3.64. The Morgan fingerprint density at radius 1 is 1.06 bits per heavy atom. The Kier molecular flexibility index (Phi) is 8.63. The lowest BCUT2D eigenvalue weighted by Crippen LogP contribution is -2.49. The Hall–Kier alpha value is -4.79. The van der Waals surface area contributed by atoms with Crippen molar-refractivity contribution in [3.05, 3.63) is 70.2 Å². The highest BCUT2D eigenvalue weighted by Gasteiger charge is 2.31. The minimum atomic E-state index is -0.853. The van der Waals surface area contributed by atoms with E-state index >= 15 is 0 Å². The van der Waals surface area contributed by atoms with Crippen LogP contribution < -0.4 is 10.1 Å². The maximum Gasteiger partial charge on any atom is 0.252 e. The van der Waals surface area contributed by atoms with Gasteiger partial charge in [-0.05, 0) is 76.8 Å². The summed E-state index contributed by atoms with van der Waals surface area (Å²) in [6.07, 6.45) is 3.96. The predicted octanol–water partition coefficient (Wildman–Crippen LogP) is 6.89. The van der Waals surface area contributed by atoms with Gasteiger partial charge in [-0.2, -0.15) is 0 Å². The minimum absolute atomic E-state index is 0.0885. The normalized spacial score (nSPS) is 16.7. The maximum absolute atomic E-state index is 13.9. The maximum atomic E-state index is 13.9. The molecule has 5 aromatic rings. The van der Waals surface area contributed by atoms with E-state index < -0.39 is 5.54 Å². The van der Waals surface area contributed by atoms with Gasteiger partial charge >= 0.3 is 0 Å². The van der Waals surface area contributed by atoms with Gasteiger partial charge in [-0.15, -0.1) is 0 Å². The van der Waals surface area contributed by atoms with Crippen molar-refractivity contribution < 1.29 is 18.8 Å². The first-order valence-corrected chi connectivity index (χ1v) is 17.0. The molecule has 3 aromatic heterocycles. The van der Waals surface area contributed by atoms with Gasteiger partial charge in [0.1, 0.15) is 23.0 Å². The average molecular weight is 662 g/mol. The number of ether oxygens (including phenoxy) is 2. The SMILES string of the molecule is [C-]#[N+]C(C)(C)c1cc(C(=O)NC2CCN(C3CCOCC3)CC2)cc(-c2nc(C)nc3[nH]c4cc(-c5c(C)noc5C)c(OC)cc4c23)c1. The van der Waals surface area contributed by atoms with E-state index in [1.807, 2.05) is 65.0 Å². The number of carbonyl (C=O) groups is 1. The van der Waals surface area contributed by atoms with Crippen LogP contribution >= 0.6 is 0 Å². The molecule has 2 N–H and O–H groups in total. The lowest BCUT2D eigenvalue weighted by molar-refractivity contribution is 0.0238. The van der Waals surface area contributed by atoms with Gasteiger partial charge in [0.2, 0.25) is 0 Å². The van der Waals surface area contributed by atoms with Crippen molar-refractivity contribution in [2.45, 2.75) is 77.9 Å². The molecule has 2 fully saturated rings. The molecule has 2 aromatic carbocycles. The molecule has 0 spiro atoms. The van der Waals surface area contributed by atoms with Gasteiger partial charge in [-0.25, -0.2) is 16.5 Å². The van der Waals surface area contributed by atoms with E-state index in [-0.39, 0.29) is 11.9 Å². The molecule has 0 unspecified atom stereocenters. The zero-order valence-corrected chi connectivity index (χ0v) is 29.1. The number of aromatic nitrogens is 4. The molecule has 7 rings (SSSR count). The Morgan fingerprint density at radius 2 is 1.82 bits per heavy atom. The van der Waals surface area contributed by atoms with Crippen molar-refractivity contribution in [1.82, 2.24) is 30.3 Å². The van der Waals surface area contributed by atoms with Crippen LogP contribution in [0.4, 0.5) is 0 Å². The van der Waals surface area contributed by atoms with Crippen LogP contribution in [0.3, 0.4) is 0 Å². The highest BCUT2D eigenvalue weighted by molar-refractivity contribution is 6.14. The lowest BCUT2D eigenvalue weighted by Gasteiger charge is -2.39. The first kappa shape index (κ1) is 32.7. The number of nitrogens with one attached hydrogen (secondary N) is 2. The van der Waals surface area contributed by atoms with Gasteiger partial charge < -0.3 is 34.0 Å². The largest absolute Gasteiger partial charge is 0.496 e. The Morgan fingerprint density at radius 3 is 2.49 bits per heavy atom. The number of hydrogen-bond donors (Lipinski definition) is 2. The summed E-state index contributed by atoms with van der Waals surface area (Å²) >= 11 is 0. The number of rotatable bonds is 7. The number of aromatic amines is 1. The highest BCUT2D eigenvalue weighted by Crippen LogP contribution is 2.42. The van der Waals surface area contributed by atoms with Crippen LogP contribution in [-0.2, 0) is 10.3 Å². The summed E-state index contributed by atoms with van der Waals surface area (Å²) in [6, 6.07) is 10.4. The topological polar surface area (TPSA) is 123 Å². The molecule has 2 saturated heterocycles. The smallest absolute Gasteiger partial charge is 0.252 e. The molecule has 2 aliphatic rings. The Balaban J connectivity index is 1.28. The minimum Gasteiger partial charge on any atom is -0.496 e. The third-order valence-electron chi connectivity index (χ3n) is 10.2. The number of nitrogens with zero attached hydrogens (tertiary/aromatic N) is 5. The number of aryl methyl sites for hydroxylation is 3. The number of hydrogen-bond acceptors (Lipinski definition) is 8. The number of fused-ring (bicyclic) bond motifs is 3. The number of amides is 1. The molecule has 0 bridgehead atoms. The summed E-state index contributed by atoms with van der Waals surface area (Å²) in [7, 11) is 1.65. The number of likely N-dealkylation sites (tertiary alicyclic amines) is 1. The summed E-state index contributed by atoms with van der Waals surface area (Å²) in [5.74, 6) is 1.82. The van der Waals surface area contributed by atoms with Crippen LogP contribution in [0.2, 0.25) is 0 Å². The van der Waals surface area contributed by atoms with E-state index in [9.17, 15) is 4.79 Å². The van der Waals surface area contributed by atoms with Gasteiger partial charge in [0, 0.05) is 85.4 Å². The summed E-state index contributed by atoms with van der Waals surface area (Å²) in [4.78, 5) is 33.6. The number of benzene rings is 2. The first-order valence-electron chi connectivity index (χ1n) is 17.0. The fraction of sp³-hybridized carbons (Fsp3) is 0.447. The summed E-state index contributed by atoms with van der Waals surface area (Å²) in [6.45, 7) is 21.0. The van der Waals surface area contributed by atoms with Crippen LogP contribution in [0, 0.1) is 27.3 Å². The second-order valence-electron chi connectivity index (χ2n) is 13.9. The fourth-order valence-corrected chi connectivity index (χ4v) is 7.42. The molecule has 11 heteroatoms. The number of carbonyl (C=O) groups excluding carboxylic acids is 1. The van der Waals surface area contributed by atoms with Crippen LogP contribution in [0.1, 0.15) is 72.7 Å². The van der Waals surface area contributed by atoms with Crippen molar-refractivity contribution in [3.8, 4) is 28.1 Å². The van der Waals surface area contributed by atoms with Crippen molar-refractivity contribution >= 4 is 27.8 Å². The van der Waals surface area contributed by atoms with E-state index in [0.29, 0.717) is 40.3 Å². The monoisotopic (exact) mass is 661 g/mol. The Bertz CT molecular complexity index is 2070. The summed E-state index contributed by atoms with van der Waals surface area (Å²) in [5, 5.41) is 9.16. The molecular formula is C38H43N7O4. The second kappa shape index (κ2) is 12.9. The molecule has 0 atom stereocenters. The molecule has 5 heterocycles. The fourth-order valence-electron chi connectivity index (χ4n) is 7.42. The van der Waals surface area contributed by atoms with E-state index in [2.05, 4.69) is 25.2 Å². The predicted molar refractivity (Wildman–Crippen MR) is 189 cm³/mol. The molecule has 0 radical (unpaired) electrons. The van der Waals surface area contributed by atoms with Gasteiger partial charge in [0.05, 0.1) is 29.4 Å². The van der Waals surface area contributed by atoms with Crippen molar-refractivity contribution in [2.24, 2.45) is 0 Å². The molecule has 0 aliphatic carbocycles. The second-order valence-corrected chi connectivity index (χ2v) is 13.9. The zero-order valence-electron chi connectivity index (χ0n) is 29.1. The molecule has 254 valence electrons. The molecule has 0 saturated carbocycles. The van der Waals surface area contributed by atoms with Crippen molar-refractivity contribution in [3.63, 3.8) is 0 Å². The van der Waals surface area contributed by atoms with E-state index in [0.717, 1.165) is 96.2 Å². The molecule has 2 aliphatic heterocycles. The van der Waals surface area contributed by atoms with Crippen LogP contribution in [0.5, 0.6) is 5.75 Å². The van der Waals surface area contributed by atoms with E-state index in [4.69, 9.17) is 30.5 Å². The van der Waals surface area contributed by atoms with Crippen LogP contribution in [0.15, 0.2) is 34.9 Å². The van der Waals surface area contributed by atoms with Gasteiger partial charge in [0.25, 0.3) is 11.4 Å². The highest BCUT2D eigenvalue weighted by atomic mass is 16.5. The quantitative estimate of drug-likeness (QED) is 0.181. The zero-order chi connectivity index (χ0) is 34.4. The number of piperidine rings is 1. The van der Waals surface area contributed by atoms with Crippen molar-refractivity contribution in [1.29, 1.82) is 0 Å². The van der Waals surface area contributed by atoms with Gasteiger partial charge in [0.15, 0.2) is 0 Å². The number of methoxy groups -OCH3 is 1. The van der Waals surface area contributed by atoms with Gasteiger partial charge in [-0.1, -0.05) is 5.16 Å². The third kappa shape index (κ3) is 6.15. The molecular weight excluding hydrogens is 618 g/mol. The molecule has 49 heavy (non-hydrogen) atoms. The third-order valence-corrected chi connectivity index (χ3v) is 10.2. The van der Waals surface area contributed by atoms with Gasteiger partial charge in [-0.3, -0.25) is 4.79 Å². The van der Waals surface area contributed by atoms with E-state index in [1.165, 1.54) is 0 Å². The number of H-pyrrole nitrogens is 1. The van der Waals surface area contributed by atoms with E-state index in [1.54, 1.807) is 7.11 Å². The van der Waals surface area contributed by atoms with Crippen LogP contribution in [-0.4, -0.2) is 76.4 Å². The first-order chi connectivity index (χ1) is 23.6. The Labute approximate surface area is 286 Å². The van der Waals surface area contributed by atoms with Crippen molar-refractivity contribution in [2.75, 3.05) is 33.4 Å². The lowest BCUT2D eigenvalue weighted by atomic mass is 9.90. The summed E-state index contributed by atoms with van der Waals surface area (Å²) < 4.78 is 16.9. The standard InChI is InChI=1S/C38H43N7O4/c1-21-33(22(2)49-44-21)30-19-31-29(20-32(30)47-7)34-35(40-23(3)41-36(34)43-31)24-16-25(18-26(17-24)38(4,5)39-6)37(46)42-27-8-12-45(13-9-27)28-10-14-48-15-11-28/h16-20,27-28H,8-15H2,1-5,7H3,(H,42,46)(H,40,41,43). The summed E-state index contributed by atoms with van der Waals surface area (Å²) in [5.41, 5.74) is 5.90. The molecule has 11 nitrogen and oxygen atoms in total.